The van der Waals surface area contributed by atoms with Gasteiger partial charge in [-0.1, -0.05) is 6.92 Å². The zero-order valence-electron chi connectivity index (χ0n) is 10.5. The van der Waals surface area contributed by atoms with Crippen LogP contribution in [-0.2, 0) is 9.53 Å². The molecule has 1 aliphatic heterocycles. The minimum atomic E-state index is -0.968. The number of hydrogen-bond donors (Lipinski definition) is 1. The van der Waals surface area contributed by atoms with Crippen LogP contribution in [0.4, 0.5) is 4.79 Å². The second-order valence-corrected chi connectivity index (χ2v) is 4.27. The molecule has 1 aliphatic rings. The number of carbonyl (C=O) groups is 2. The highest BCUT2D eigenvalue weighted by atomic mass is 16.5. The van der Waals surface area contributed by atoms with Crippen molar-refractivity contribution in [1.29, 1.82) is 0 Å². The van der Waals surface area contributed by atoms with Crippen LogP contribution >= 0.6 is 0 Å². The molecule has 17 heavy (non-hydrogen) atoms. The van der Waals surface area contributed by atoms with Crippen LogP contribution in [0.15, 0.2) is 0 Å². The Hall–Kier alpha value is -1.30. The van der Waals surface area contributed by atoms with Gasteiger partial charge in [0.25, 0.3) is 0 Å². The third kappa shape index (κ3) is 3.09. The summed E-state index contributed by atoms with van der Waals surface area (Å²) in [5, 5.41) is 9.02. The van der Waals surface area contributed by atoms with Crippen LogP contribution in [-0.4, -0.2) is 65.8 Å². The Kier molecular flexibility index (Phi) is 4.74. The molecule has 0 saturated carbocycles. The Morgan fingerprint density at radius 2 is 2.24 bits per heavy atom. The maximum atomic E-state index is 12.1. The molecule has 1 rings (SSSR count). The summed E-state index contributed by atoms with van der Waals surface area (Å²) in [6, 6.07) is -1.02. The number of amides is 2. The van der Waals surface area contributed by atoms with Crippen LogP contribution in [0.25, 0.3) is 0 Å². The van der Waals surface area contributed by atoms with Gasteiger partial charge in [0.1, 0.15) is 6.04 Å². The van der Waals surface area contributed by atoms with Gasteiger partial charge < -0.3 is 19.6 Å². The number of carboxylic acid groups (broad SMARTS) is 1. The number of hydrogen-bond acceptors (Lipinski definition) is 3. The minimum absolute atomic E-state index is 0.00926. The molecular formula is C11H20N2O4. The second-order valence-electron chi connectivity index (χ2n) is 4.27. The SMILES string of the molecule is CCC(C(=O)O)N(C)C(=O)N1CCOCC1C. The molecule has 0 bridgehead atoms. The highest BCUT2D eigenvalue weighted by Gasteiger charge is 2.31. The summed E-state index contributed by atoms with van der Waals surface area (Å²) in [4.78, 5) is 26.1. The van der Waals surface area contributed by atoms with Crippen LogP contribution < -0.4 is 0 Å². The zero-order valence-corrected chi connectivity index (χ0v) is 10.5. The first-order valence-corrected chi connectivity index (χ1v) is 5.83. The largest absolute Gasteiger partial charge is 0.480 e. The number of carboxylic acids is 1. The molecule has 6 nitrogen and oxygen atoms in total. The molecule has 1 fully saturated rings. The Bertz CT molecular complexity index is 295. The molecule has 0 aliphatic carbocycles. The third-order valence-electron chi connectivity index (χ3n) is 3.05. The molecule has 0 aromatic heterocycles. The number of aliphatic carboxylic acids is 1. The van der Waals surface area contributed by atoms with E-state index in [4.69, 9.17) is 9.84 Å². The number of morpholine rings is 1. The van der Waals surface area contributed by atoms with Crippen molar-refractivity contribution >= 4 is 12.0 Å². The van der Waals surface area contributed by atoms with Crippen LogP contribution in [0.1, 0.15) is 20.3 Å². The summed E-state index contributed by atoms with van der Waals surface area (Å²) in [7, 11) is 1.53. The van der Waals surface area contributed by atoms with E-state index in [1.165, 1.54) is 11.9 Å². The monoisotopic (exact) mass is 244 g/mol. The van der Waals surface area contributed by atoms with Crippen molar-refractivity contribution in [2.45, 2.75) is 32.4 Å². The van der Waals surface area contributed by atoms with Crippen LogP contribution in [0.5, 0.6) is 0 Å². The van der Waals surface area contributed by atoms with E-state index in [1.807, 2.05) is 6.92 Å². The zero-order chi connectivity index (χ0) is 13.0. The fourth-order valence-corrected chi connectivity index (χ4v) is 1.96. The summed E-state index contributed by atoms with van der Waals surface area (Å²) in [5.74, 6) is -0.968. The maximum absolute atomic E-state index is 12.1. The van der Waals surface area contributed by atoms with Crippen LogP contribution in [0, 0.1) is 0 Å². The van der Waals surface area contributed by atoms with Crippen molar-refractivity contribution < 1.29 is 19.4 Å². The predicted molar refractivity (Wildman–Crippen MR) is 61.9 cm³/mol. The lowest BCUT2D eigenvalue weighted by Gasteiger charge is -2.37. The summed E-state index contributed by atoms with van der Waals surface area (Å²) < 4.78 is 5.25. The first-order chi connectivity index (χ1) is 7.99. The van der Waals surface area contributed by atoms with Gasteiger partial charge >= 0.3 is 12.0 Å². The number of ether oxygens (including phenoxy) is 1. The van der Waals surface area contributed by atoms with Crippen LogP contribution in [0.2, 0.25) is 0 Å². The van der Waals surface area contributed by atoms with E-state index in [0.717, 1.165) is 0 Å². The van der Waals surface area contributed by atoms with Crippen molar-refractivity contribution in [3.05, 3.63) is 0 Å². The molecule has 1 N–H and O–H groups in total. The first-order valence-electron chi connectivity index (χ1n) is 5.83. The average molecular weight is 244 g/mol. The number of nitrogens with zero attached hydrogens (tertiary/aromatic N) is 2. The third-order valence-corrected chi connectivity index (χ3v) is 3.05. The first kappa shape index (κ1) is 13.8. The predicted octanol–water partition coefficient (Wildman–Crippen LogP) is 0.622. The van der Waals surface area contributed by atoms with Gasteiger partial charge in [0.05, 0.1) is 19.3 Å². The molecule has 2 atom stereocenters. The molecule has 1 saturated heterocycles. The van der Waals surface area contributed by atoms with E-state index in [1.54, 1.807) is 11.8 Å². The fraction of sp³-hybridized carbons (Fsp3) is 0.818. The van der Waals surface area contributed by atoms with Gasteiger partial charge in [-0.3, -0.25) is 0 Å². The highest BCUT2D eigenvalue weighted by molar-refractivity contribution is 5.82. The number of likely N-dealkylation sites (N-methyl/N-ethyl adjacent to an activating group) is 1. The normalized spacial score (nSPS) is 22.1. The smallest absolute Gasteiger partial charge is 0.326 e. The Morgan fingerprint density at radius 3 is 2.71 bits per heavy atom. The molecule has 0 aromatic rings. The van der Waals surface area contributed by atoms with E-state index in [-0.39, 0.29) is 12.1 Å². The van der Waals surface area contributed by atoms with Gasteiger partial charge in [0.15, 0.2) is 0 Å². The molecule has 2 amide bonds. The molecule has 0 radical (unpaired) electrons. The van der Waals surface area contributed by atoms with Crippen molar-refractivity contribution in [3.8, 4) is 0 Å². The molecule has 0 aromatic carbocycles. The molecule has 1 heterocycles. The fourth-order valence-electron chi connectivity index (χ4n) is 1.96. The van der Waals surface area contributed by atoms with Crippen molar-refractivity contribution in [2.24, 2.45) is 0 Å². The van der Waals surface area contributed by atoms with E-state index in [2.05, 4.69) is 0 Å². The Balaban J connectivity index is 2.70. The molecule has 98 valence electrons. The Labute approximate surface area is 101 Å². The molecule has 0 spiro atoms. The van der Waals surface area contributed by atoms with Gasteiger partial charge in [-0.05, 0) is 13.3 Å². The standard InChI is InChI=1S/C11H20N2O4/c1-4-9(10(14)15)12(3)11(16)13-5-6-17-7-8(13)2/h8-9H,4-7H2,1-3H3,(H,14,15). The highest BCUT2D eigenvalue weighted by Crippen LogP contribution is 2.12. The summed E-state index contributed by atoms with van der Waals surface area (Å²) in [6.07, 6.45) is 0.399. The summed E-state index contributed by atoms with van der Waals surface area (Å²) in [5.41, 5.74) is 0. The van der Waals surface area contributed by atoms with Gasteiger partial charge in [-0.25, -0.2) is 9.59 Å². The summed E-state index contributed by atoms with van der Waals surface area (Å²) in [6.45, 7) is 5.18. The van der Waals surface area contributed by atoms with Crippen molar-refractivity contribution in [2.75, 3.05) is 26.8 Å². The van der Waals surface area contributed by atoms with Gasteiger partial charge in [-0.2, -0.15) is 0 Å². The molecule has 6 heteroatoms. The van der Waals surface area contributed by atoms with Crippen LogP contribution in [0.3, 0.4) is 0 Å². The maximum Gasteiger partial charge on any atom is 0.326 e. The van der Waals surface area contributed by atoms with Crippen molar-refractivity contribution in [3.63, 3.8) is 0 Å². The average Bonchev–Trinajstić information content (AvgIpc) is 2.29. The van der Waals surface area contributed by atoms with E-state index >= 15 is 0 Å². The van der Waals surface area contributed by atoms with E-state index in [0.29, 0.717) is 26.2 Å². The molecular weight excluding hydrogens is 224 g/mol. The van der Waals surface area contributed by atoms with Gasteiger partial charge in [-0.15, -0.1) is 0 Å². The number of urea groups is 1. The van der Waals surface area contributed by atoms with Gasteiger partial charge in [0, 0.05) is 13.6 Å². The lowest BCUT2D eigenvalue weighted by Crippen LogP contribution is -2.55. The lowest BCUT2D eigenvalue weighted by molar-refractivity contribution is -0.142. The summed E-state index contributed by atoms with van der Waals surface area (Å²) >= 11 is 0. The number of carbonyl (C=O) groups excluding carboxylic acids is 1. The van der Waals surface area contributed by atoms with Gasteiger partial charge in [0.2, 0.25) is 0 Å². The van der Waals surface area contributed by atoms with E-state index < -0.39 is 12.0 Å². The second kappa shape index (κ2) is 5.86. The topological polar surface area (TPSA) is 70.1 Å². The number of rotatable bonds is 3. The minimum Gasteiger partial charge on any atom is -0.480 e. The van der Waals surface area contributed by atoms with E-state index in [9.17, 15) is 9.59 Å². The quantitative estimate of drug-likeness (QED) is 0.790. The lowest BCUT2D eigenvalue weighted by atomic mass is 10.2. The van der Waals surface area contributed by atoms with Crippen molar-refractivity contribution in [1.82, 2.24) is 9.80 Å². The Morgan fingerprint density at radius 1 is 1.59 bits per heavy atom. The molecule has 2 unspecified atom stereocenters.